The molecule has 1 saturated carbocycles. The van der Waals surface area contributed by atoms with Crippen LogP contribution in [0.2, 0.25) is 0 Å². The molecule has 1 aromatic rings. The summed E-state index contributed by atoms with van der Waals surface area (Å²) in [5.41, 5.74) is 2.49. The van der Waals surface area contributed by atoms with E-state index in [0.717, 1.165) is 31.4 Å². The van der Waals surface area contributed by atoms with E-state index in [1.165, 1.54) is 12.0 Å². The molecule has 2 unspecified atom stereocenters. The van der Waals surface area contributed by atoms with Crippen LogP contribution in [0.3, 0.4) is 0 Å². The Kier molecular flexibility index (Phi) is 3.83. The van der Waals surface area contributed by atoms with Crippen LogP contribution in [0, 0.1) is 0 Å². The fourth-order valence-corrected chi connectivity index (χ4v) is 2.37. The van der Waals surface area contributed by atoms with Gasteiger partial charge in [0.2, 0.25) is 0 Å². The molecule has 0 aromatic heterocycles. The standard InChI is InChI=1S/C14H21NO/c1-2-11-6-5-7-12(10-11)15-13-8-3-4-9-14(13)16/h5-7,10,13-16H,2-4,8-9H2,1H3. The highest BCUT2D eigenvalue weighted by atomic mass is 16.3. The molecule has 2 heteroatoms. The van der Waals surface area contributed by atoms with Gasteiger partial charge in [-0.05, 0) is 37.0 Å². The van der Waals surface area contributed by atoms with Gasteiger partial charge in [-0.1, -0.05) is 31.9 Å². The van der Waals surface area contributed by atoms with Crippen molar-refractivity contribution in [3.05, 3.63) is 29.8 Å². The topological polar surface area (TPSA) is 32.3 Å². The van der Waals surface area contributed by atoms with E-state index in [0.29, 0.717) is 0 Å². The van der Waals surface area contributed by atoms with E-state index >= 15 is 0 Å². The van der Waals surface area contributed by atoms with E-state index in [-0.39, 0.29) is 12.1 Å². The highest BCUT2D eigenvalue weighted by molar-refractivity contribution is 5.46. The van der Waals surface area contributed by atoms with Gasteiger partial charge in [0.1, 0.15) is 0 Å². The van der Waals surface area contributed by atoms with E-state index in [1.807, 2.05) is 0 Å². The summed E-state index contributed by atoms with van der Waals surface area (Å²) >= 11 is 0. The maximum Gasteiger partial charge on any atom is 0.0741 e. The zero-order valence-corrected chi connectivity index (χ0v) is 9.95. The molecule has 0 amide bonds. The fourth-order valence-electron chi connectivity index (χ4n) is 2.37. The maximum absolute atomic E-state index is 9.89. The molecular formula is C14H21NO. The largest absolute Gasteiger partial charge is 0.391 e. The lowest BCUT2D eigenvalue weighted by Gasteiger charge is -2.29. The summed E-state index contributed by atoms with van der Waals surface area (Å²) in [7, 11) is 0. The zero-order chi connectivity index (χ0) is 11.4. The number of anilines is 1. The molecule has 88 valence electrons. The minimum absolute atomic E-state index is 0.181. The first kappa shape index (κ1) is 11.5. The molecule has 0 bridgehead atoms. The van der Waals surface area contributed by atoms with Crippen molar-refractivity contribution >= 4 is 5.69 Å². The number of hydrogen-bond acceptors (Lipinski definition) is 2. The molecule has 1 fully saturated rings. The Labute approximate surface area is 97.7 Å². The van der Waals surface area contributed by atoms with E-state index < -0.39 is 0 Å². The van der Waals surface area contributed by atoms with Crippen molar-refractivity contribution in [2.24, 2.45) is 0 Å². The third kappa shape index (κ3) is 2.76. The summed E-state index contributed by atoms with van der Waals surface area (Å²) in [6.07, 6.45) is 5.28. The SMILES string of the molecule is CCc1cccc(NC2CCCCC2O)c1. The smallest absolute Gasteiger partial charge is 0.0741 e. The monoisotopic (exact) mass is 219 g/mol. The van der Waals surface area contributed by atoms with E-state index in [4.69, 9.17) is 0 Å². The third-order valence-electron chi connectivity index (χ3n) is 3.42. The van der Waals surface area contributed by atoms with Crippen molar-refractivity contribution in [1.29, 1.82) is 0 Å². The Bertz CT molecular complexity index is 337. The Hall–Kier alpha value is -1.02. The quantitative estimate of drug-likeness (QED) is 0.819. The van der Waals surface area contributed by atoms with Crippen LogP contribution in [0.4, 0.5) is 5.69 Å². The van der Waals surface area contributed by atoms with Crippen LogP contribution in [0.25, 0.3) is 0 Å². The molecule has 0 heterocycles. The summed E-state index contributed by atoms with van der Waals surface area (Å²) in [6, 6.07) is 8.72. The highest BCUT2D eigenvalue weighted by Gasteiger charge is 2.22. The summed E-state index contributed by atoms with van der Waals surface area (Å²) in [4.78, 5) is 0. The van der Waals surface area contributed by atoms with Crippen LogP contribution in [0.1, 0.15) is 38.2 Å². The van der Waals surface area contributed by atoms with E-state index in [2.05, 4.69) is 36.5 Å². The molecule has 0 aliphatic heterocycles. The van der Waals surface area contributed by atoms with Gasteiger partial charge in [-0.25, -0.2) is 0 Å². The van der Waals surface area contributed by atoms with Crippen molar-refractivity contribution in [1.82, 2.24) is 0 Å². The second-order valence-electron chi connectivity index (χ2n) is 4.66. The number of benzene rings is 1. The molecule has 2 rings (SSSR count). The molecule has 1 aromatic carbocycles. The first-order chi connectivity index (χ1) is 7.79. The lowest BCUT2D eigenvalue weighted by molar-refractivity contribution is 0.116. The molecule has 0 saturated heterocycles. The minimum Gasteiger partial charge on any atom is -0.391 e. The predicted octanol–water partition coefficient (Wildman–Crippen LogP) is 2.96. The minimum atomic E-state index is -0.181. The lowest BCUT2D eigenvalue weighted by Crippen LogP contribution is -2.36. The van der Waals surface area contributed by atoms with Gasteiger partial charge < -0.3 is 10.4 Å². The van der Waals surface area contributed by atoms with Crippen molar-refractivity contribution in [2.75, 3.05) is 5.32 Å². The summed E-state index contributed by atoms with van der Waals surface area (Å²) in [5, 5.41) is 13.3. The molecule has 2 N–H and O–H groups in total. The summed E-state index contributed by atoms with van der Waals surface area (Å²) in [5.74, 6) is 0. The van der Waals surface area contributed by atoms with E-state index in [1.54, 1.807) is 0 Å². The van der Waals surface area contributed by atoms with Gasteiger partial charge in [0.25, 0.3) is 0 Å². The Balaban J connectivity index is 2.01. The number of aliphatic hydroxyl groups is 1. The molecule has 16 heavy (non-hydrogen) atoms. The van der Waals surface area contributed by atoms with E-state index in [9.17, 15) is 5.11 Å². The fraction of sp³-hybridized carbons (Fsp3) is 0.571. The van der Waals surface area contributed by atoms with Crippen LogP contribution in [0.5, 0.6) is 0 Å². The van der Waals surface area contributed by atoms with Crippen molar-refractivity contribution < 1.29 is 5.11 Å². The Morgan fingerprint density at radius 1 is 1.31 bits per heavy atom. The van der Waals surface area contributed by atoms with Gasteiger partial charge >= 0.3 is 0 Å². The predicted molar refractivity (Wildman–Crippen MR) is 67.7 cm³/mol. The Morgan fingerprint density at radius 2 is 2.12 bits per heavy atom. The highest BCUT2D eigenvalue weighted by Crippen LogP contribution is 2.22. The molecule has 0 radical (unpaired) electrons. The average Bonchev–Trinajstić information content (AvgIpc) is 2.32. The average molecular weight is 219 g/mol. The molecule has 2 nitrogen and oxygen atoms in total. The van der Waals surface area contributed by atoms with Crippen molar-refractivity contribution in [3.8, 4) is 0 Å². The molecule has 1 aliphatic carbocycles. The molecule has 0 spiro atoms. The van der Waals surface area contributed by atoms with Gasteiger partial charge in [0.05, 0.1) is 12.1 Å². The molecule has 2 atom stereocenters. The Morgan fingerprint density at radius 3 is 2.88 bits per heavy atom. The number of hydrogen-bond donors (Lipinski definition) is 2. The van der Waals surface area contributed by atoms with Crippen molar-refractivity contribution in [2.45, 2.75) is 51.2 Å². The van der Waals surface area contributed by atoms with Gasteiger partial charge in [-0.2, -0.15) is 0 Å². The van der Waals surface area contributed by atoms with Crippen LogP contribution < -0.4 is 5.32 Å². The van der Waals surface area contributed by atoms with Gasteiger partial charge in [-0.3, -0.25) is 0 Å². The van der Waals surface area contributed by atoms with Crippen LogP contribution in [-0.4, -0.2) is 17.3 Å². The number of rotatable bonds is 3. The maximum atomic E-state index is 9.89. The van der Waals surface area contributed by atoms with Crippen LogP contribution >= 0.6 is 0 Å². The molecule has 1 aliphatic rings. The number of nitrogens with one attached hydrogen (secondary N) is 1. The first-order valence-electron chi connectivity index (χ1n) is 6.33. The second-order valence-corrected chi connectivity index (χ2v) is 4.66. The normalized spacial score (nSPS) is 25.4. The zero-order valence-electron chi connectivity index (χ0n) is 9.95. The lowest BCUT2D eigenvalue weighted by atomic mass is 9.92. The van der Waals surface area contributed by atoms with Crippen molar-refractivity contribution in [3.63, 3.8) is 0 Å². The van der Waals surface area contributed by atoms with Gasteiger partial charge in [-0.15, -0.1) is 0 Å². The van der Waals surface area contributed by atoms with Crippen LogP contribution in [-0.2, 0) is 6.42 Å². The first-order valence-corrected chi connectivity index (χ1v) is 6.33. The van der Waals surface area contributed by atoms with Crippen LogP contribution in [0.15, 0.2) is 24.3 Å². The summed E-state index contributed by atoms with van der Waals surface area (Å²) in [6.45, 7) is 2.16. The van der Waals surface area contributed by atoms with Gasteiger partial charge in [0.15, 0.2) is 0 Å². The van der Waals surface area contributed by atoms with Gasteiger partial charge in [0, 0.05) is 5.69 Å². The second kappa shape index (κ2) is 5.35. The summed E-state index contributed by atoms with van der Waals surface area (Å²) < 4.78 is 0. The molecular weight excluding hydrogens is 198 g/mol. The number of aryl methyl sites for hydroxylation is 1. The number of aliphatic hydroxyl groups excluding tert-OH is 1. The third-order valence-corrected chi connectivity index (χ3v) is 3.42.